The van der Waals surface area contributed by atoms with Crippen molar-refractivity contribution in [2.45, 2.75) is 45.6 Å². The smallest absolute Gasteiger partial charge is 0.219 e. The molecule has 1 aromatic heterocycles. The molecule has 5 heteroatoms. The number of anilines is 1. The van der Waals surface area contributed by atoms with E-state index < -0.39 is 0 Å². The number of aromatic nitrogens is 1. The highest BCUT2D eigenvalue weighted by Gasteiger charge is 2.21. The van der Waals surface area contributed by atoms with Crippen molar-refractivity contribution in [1.82, 2.24) is 9.88 Å². The molecule has 1 aromatic rings. The molecular formula is C15H22FN3O. The third kappa shape index (κ3) is 3.46. The zero-order valence-corrected chi connectivity index (χ0v) is 12.3. The van der Waals surface area contributed by atoms with Gasteiger partial charge in [0.1, 0.15) is 11.6 Å². The van der Waals surface area contributed by atoms with Crippen molar-refractivity contribution in [3.63, 3.8) is 0 Å². The van der Waals surface area contributed by atoms with Gasteiger partial charge in [-0.15, -0.1) is 0 Å². The number of nitrogens with zero attached hydrogens (tertiary/aromatic N) is 2. The average molecular weight is 279 g/mol. The SMILES string of the molecule is CC(=O)N1CCC(Nc2cc(C(C)C)c(F)cn2)CC1. The Kier molecular flexibility index (Phi) is 4.57. The van der Waals surface area contributed by atoms with Gasteiger partial charge in [0.2, 0.25) is 5.91 Å². The highest BCUT2D eigenvalue weighted by molar-refractivity contribution is 5.73. The maximum absolute atomic E-state index is 13.6. The topological polar surface area (TPSA) is 45.2 Å². The fourth-order valence-corrected chi connectivity index (χ4v) is 2.52. The lowest BCUT2D eigenvalue weighted by molar-refractivity contribution is -0.129. The van der Waals surface area contributed by atoms with Gasteiger partial charge in [-0.2, -0.15) is 0 Å². The second-order valence-corrected chi connectivity index (χ2v) is 5.67. The van der Waals surface area contributed by atoms with E-state index in [1.54, 1.807) is 13.0 Å². The molecule has 0 aliphatic carbocycles. The summed E-state index contributed by atoms with van der Waals surface area (Å²) in [5, 5.41) is 3.35. The molecule has 110 valence electrons. The van der Waals surface area contributed by atoms with Crippen molar-refractivity contribution >= 4 is 11.7 Å². The molecule has 1 aliphatic rings. The molecule has 2 heterocycles. The summed E-state index contributed by atoms with van der Waals surface area (Å²) in [6, 6.07) is 2.08. The van der Waals surface area contributed by atoms with E-state index >= 15 is 0 Å². The van der Waals surface area contributed by atoms with Crippen LogP contribution in [0.1, 0.15) is 45.1 Å². The number of pyridine rings is 1. The van der Waals surface area contributed by atoms with Crippen molar-refractivity contribution in [3.8, 4) is 0 Å². The van der Waals surface area contributed by atoms with Crippen molar-refractivity contribution in [2.24, 2.45) is 0 Å². The zero-order chi connectivity index (χ0) is 14.7. The van der Waals surface area contributed by atoms with Crippen LogP contribution in [0.4, 0.5) is 10.2 Å². The Morgan fingerprint density at radius 3 is 2.65 bits per heavy atom. The van der Waals surface area contributed by atoms with Gasteiger partial charge in [0.05, 0.1) is 6.20 Å². The largest absolute Gasteiger partial charge is 0.367 e. The zero-order valence-electron chi connectivity index (χ0n) is 12.3. The first-order valence-corrected chi connectivity index (χ1v) is 7.15. The lowest BCUT2D eigenvalue weighted by atomic mass is 10.0. The Morgan fingerprint density at radius 2 is 2.10 bits per heavy atom. The van der Waals surface area contributed by atoms with Crippen LogP contribution < -0.4 is 5.32 Å². The molecule has 4 nitrogen and oxygen atoms in total. The van der Waals surface area contributed by atoms with Crippen molar-refractivity contribution < 1.29 is 9.18 Å². The summed E-state index contributed by atoms with van der Waals surface area (Å²) in [6.45, 7) is 7.07. The molecule has 1 saturated heterocycles. The number of piperidine rings is 1. The first-order valence-electron chi connectivity index (χ1n) is 7.15. The molecule has 1 fully saturated rings. The molecule has 0 aromatic carbocycles. The van der Waals surface area contributed by atoms with E-state index in [0.29, 0.717) is 11.6 Å². The Hall–Kier alpha value is -1.65. The summed E-state index contributed by atoms with van der Waals surface area (Å²) in [7, 11) is 0. The van der Waals surface area contributed by atoms with E-state index in [-0.39, 0.29) is 17.6 Å². The van der Waals surface area contributed by atoms with Crippen LogP contribution in [-0.2, 0) is 4.79 Å². The summed E-state index contributed by atoms with van der Waals surface area (Å²) in [6.07, 6.45) is 3.08. The summed E-state index contributed by atoms with van der Waals surface area (Å²) >= 11 is 0. The number of amides is 1. The fraction of sp³-hybridized carbons (Fsp3) is 0.600. The van der Waals surface area contributed by atoms with Crippen LogP contribution in [0.25, 0.3) is 0 Å². The molecule has 2 rings (SSSR count). The standard InChI is InChI=1S/C15H22FN3O/c1-10(2)13-8-15(17-9-14(13)16)18-12-4-6-19(7-5-12)11(3)20/h8-10,12H,4-7H2,1-3H3,(H,17,18). The molecule has 0 spiro atoms. The Morgan fingerprint density at radius 1 is 1.45 bits per heavy atom. The third-order valence-electron chi connectivity index (χ3n) is 3.80. The van der Waals surface area contributed by atoms with Gasteiger partial charge in [0, 0.05) is 26.1 Å². The lowest BCUT2D eigenvalue weighted by Gasteiger charge is -2.32. The Labute approximate surface area is 119 Å². The highest BCUT2D eigenvalue weighted by atomic mass is 19.1. The number of carbonyl (C=O) groups is 1. The molecule has 20 heavy (non-hydrogen) atoms. The first-order chi connectivity index (χ1) is 9.47. The minimum absolute atomic E-state index is 0.130. The molecule has 0 unspecified atom stereocenters. The van der Waals surface area contributed by atoms with E-state index in [1.165, 1.54) is 6.20 Å². The monoisotopic (exact) mass is 279 g/mol. The number of rotatable bonds is 3. The van der Waals surface area contributed by atoms with Crippen LogP contribution in [0.5, 0.6) is 0 Å². The number of hydrogen-bond acceptors (Lipinski definition) is 3. The molecular weight excluding hydrogens is 257 g/mol. The van der Waals surface area contributed by atoms with E-state index in [2.05, 4.69) is 10.3 Å². The first kappa shape index (κ1) is 14.8. The quantitative estimate of drug-likeness (QED) is 0.925. The molecule has 1 aliphatic heterocycles. The van der Waals surface area contributed by atoms with Crippen LogP contribution in [0.15, 0.2) is 12.3 Å². The van der Waals surface area contributed by atoms with E-state index in [4.69, 9.17) is 0 Å². The van der Waals surface area contributed by atoms with Crippen LogP contribution in [-0.4, -0.2) is 34.9 Å². The van der Waals surface area contributed by atoms with Crippen LogP contribution in [0, 0.1) is 5.82 Å². The number of likely N-dealkylation sites (tertiary alicyclic amines) is 1. The predicted molar refractivity (Wildman–Crippen MR) is 77.2 cm³/mol. The Balaban J connectivity index is 1.98. The van der Waals surface area contributed by atoms with Crippen molar-refractivity contribution in [1.29, 1.82) is 0 Å². The maximum atomic E-state index is 13.6. The molecule has 0 radical (unpaired) electrons. The minimum Gasteiger partial charge on any atom is -0.367 e. The van der Waals surface area contributed by atoms with Crippen molar-refractivity contribution in [3.05, 3.63) is 23.6 Å². The maximum Gasteiger partial charge on any atom is 0.219 e. The van der Waals surface area contributed by atoms with Gasteiger partial charge in [-0.1, -0.05) is 13.8 Å². The van der Waals surface area contributed by atoms with Gasteiger partial charge >= 0.3 is 0 Å². The average Bonchev–Trinajstić information content (AvgIpc) is 2.41. The van der Waals surface area contributed by atoms with Crippen LogP contribution in [0.3, 0.4) is 0 Å². The molecule has 1 amide bonds. The van der Waals surface area contributed by atoms with Gasteiger partial charge in [-0.3, -0.25) is 4.79 Å². The van der Waals surface area contributed by atoms with Gasteiger partial charge in [0.15, 0.2) is 0 Å². The van der Waals surface area contributed by atoms with E-state index in [1.807, 2.05) is 18.7 Å². The van der Waals surface area contributed by atoms with Gasteiger partial charge in [-0.25, -0.2) is 9.37 Å². The summed E-state index contributed by atoms with van der Waals surface area (Å²) < 4.78 is 13.6. The van der Waals surface area contributed by atoms with Crippen LogP contribution in [0.2, 0.25) is 0 Å². The number of nitrogens with one attached hydrogen (secondary N) is 1. The molecule has 1 N–H and O–H groups in total. The van der Waals surface area contributed by atoms with Gasteiger partial charge in [0.25, 0.3) is 0 Å². The summed E-state index contributed by atoms with van der Waals surface area (Å²) in [5.41, 5.74) is 0.684. The Bertz CT molecular complexity index is 482. The predicted octanol–water partition coefficient (Wildman–Crippen LogP) is 2.77. The number of hydrogen-bond donors (Lipinski definition) is 1. The van der Waals surface area contributed by atoms with E-state index in [0.717, 1.165) is 31.7 Å². The second-order valence-electron chi connectivity index (χ2n) is 5.67. The summed E-state index contributed by atoms with van der Waals surface area (Å²) in [4.78, 5) is 17.2. The van der Waals surface area contributed by atoms with E-state index in [9.17, 15) is 9.18 Å². The van der Waals surface area contributed by atoms with Crippen LogP contribution >= 0.6 is 0 Å². The van der Waals surface area contributed by atoms with Crippen molar-refractivity contribution in [2.75, 3.05) is 18.4 Å². The second kappa shape index (κ2) is 6.20. The minimum atomic E-state index is -0.253. The molecule has 0 atom stereocenters. The number of halogens is 1. The molecule has 0 saturated carbocycles. The summed E-state index contributed by atoms with van der Waals surface area (Å²) in [5.74, 6) is 0.733. The highest BCUT2D eigenvalue weighted by Crippen LogP contribution is 2.22. The number of carbonyl (C=O) groups excluding carboxylic acids is 1. The lowest BCUT2D eigenvalue weighted by Crippen LogP contribution is -2.41. The fourth-order valence-electron chi connectivity index (χ4n) is 2.52. The normalized spacial score (nSPS) is 16.6. The van der Waals surface area contributed by atoms with Gasteiger partial charge in [-0.05, 0) is 30.4 Å². The van der Waals surface area contributed by atoms with Gasteiger partial charge < -0.3 is 10.2 Å². The third-order valence-corrected chi connectivity index (χ3v) is 3.80. The molecule has 0 bridgehead atoms.